The van der Waals surface area contributed by atoms with Crippen molar-refractivity contribution in [1.29, 1.82) is 0 Å². The van der Waals surface area contributed by atoms with Gasteiger partial charge in [0.2, 0.25) is 0 Å². The van der Waals surface area contributed by atoms with Gasteiger partial charge in [-0.05, 0) is 234 Å². The van der Waals surface area contributed by atoms with Crippen molar-refractivity contribution < 1.29 is 17.6 Å². The predicted octanol–water partition coefficient (Wildman–Crippen LogP) is 24.8. The van der Waals surface area contributed by atoms with Crippen LogP contribution in [-0.4, -0.2) is 0 Å². The number of benzene rings is 14. The summed E-state index contributed by atoms with van der Waals surface area (Å²) < 4.78 is 63.8. The molecule has 484 valence electrons. The molecule has 18 rings (SSSR count). The molecule has 6 heteroatoms. The number of halogens is 4. The van der Waals surface area contributed by atoms with Gasteiger partial charge in [-0.2, -0.15) is 0 Å². The van der Waals surface area contributed by atoms with Gasteiger partial charge in [-0.1, -0.05) is 243 Å². The predicted molar refractivity (Wildman–Crippen MR) is 406 cm³/mol. The van der Waals surface area contributed by atoms with E-state index in [2.05, 4.69) is 305 Å². The fourth-order valence-electron chi connectivity index (χ4n) is 17.9. The van der Waals surface area contributed by atoms with Crippen LogP contribution in [0.4, 0.5) is 51.7 Å². The third-order valence-electron chi connectivity index (χ3n) is 22.2. The normalized spacial score (nSPS) is 16.7. The lowest BCUT2D eigenvalue weighted by Gasteiger charge is -2.36. The Labute approximate surface area is 586 Å². The molecule has 4 aliphatic rings. The van der Waals surface area contributed by atoms with Gasteiger partial charge in [-0.15, -0.1) is 0 Å². The third kappa shape index (κ3) is 8.77. The summed E-state index contributed by atoms with van der Waals surface area (Å²) >= 11 is 0. The first-order chi connectivity index (χ1) is 49.2. The molecule has 0 saturated carbocycles. The van der Waals surface area contributed by atoms with Crippen molar-refractivity contribution in [3.05, 3.63) is 428 Å². The zero-order valence-electron chi connectivity index (χ0n) is 56.2. The van der Waals surface area contributed by atoms with Gasteiger partial charge in [-0.25, -0.2) is 17.6 Å². The fourth-order valence-corrected chi connectivity index (χ4v) is 17.9. The van der Waals surface area contributed by atoms with Gasteiger partial charge >= 0.3 is 0 Å². The number of fused-ring (bicyclic) bond motifs is 16. The van der Waals surface area contributed by atoms with Crippen LogP contribution in [0.1, 0.15) is 100 Å². The number of nitrogens with zero attached hydrogens (tertiary/aromatic N) is 2. The molecule has 0 aliphatic heterocycles. The summed E-state index contributed by atoms with van der Waals surface area (Å²) in [6.07, 6.45) is 3.73. The topological polar surface area (TPSA) is 6.48 Å². The molecular formula is C95H66F4N2. The third-order valence-corrected chi connectivity index (χ3v) is 22.2. The monoisotopic (exact) mass is 1310 g/mol. The highest BCUT2D eigenvalue weighted by Gasteiger charge is 2.54. The van der Waals surface area contributed by atoms with E-state index < -0.39 is 39.5 Å². The Morgan fingerprint density at radius 2 is 0.525 bits per heavy atom. The molecule has 0 fully saturated rings. The molecule has 0 radical (unpaired) electrons. The van der Waals surface area contributed by atoms with Crippen LogP contribution in [0.5, 0.6) is 0 Å². The van der Waals surface area contributed by atoms with E-state index >= 15 is 17.6 Å². The van der Waals surface area contributed by atoms with Crippen LogP contribution in [0.25, 0.3) is 56.7 Å². The summed E-state index contributed by atoms with van der Waals surface area (Å²) in [7, 11) is 0. The fraction of sp³-hybridized carbons (Fsp3) is 0.0737. The van der Waals surface area contributed by atoms with Gasteiger partial charge in [0.05, 0.1) is 16.2 Å². The average molecular weight is 1310 g/mol. The minimum atomic E-state index is -0.979. The first-order valence-electron chi connectivity index (χ1n) is 34.3. The van der Waals surface area contributed by atoms with E-state index in [1.807, 2.05) is 12.2 Å². The van der Waals surface area contributed by atoms with Crippen molar-refractivity contribution >= 4 is 46.3 Å². The van der Waals surface area contributed by atoms with Gasteiger partial charge in [0.15, 0.2) is 23.3 Å². The van der Waals surface area contributed by atoms with Crippen LogP contribution in [0.15, 0.2) is 304 Å². The maximum absolute atomic E-state index is 16.4. The molecule has 1 spiro atoms. The number of hydrogen-bond donors (Lipinski definition) is 0. The van der Waals surface area contributed by atoms with Crippen molar-refractivity contribution in [2.75, 3.05) is 9.80 Å². The maximum Gasteiger partial charge on any atom is 0.160 e. The van der Waals surface area contributed by atoms with Crippen LogP contribution in [0.3, 0.4) is 0 Å². The second kappa shape index (κ2) is 23.0. The summed E-state index contributed by atoms with van der Waals surface area (Å²) in [5.74, 6) is -3.84. The molecule has 2 atom stereocenters. The van der Waals surface area contributed by atoms with Gasteiger partial charge in [0.25, 0.3) is 0 Å². The van der Waals surface area contributed by atoms with Gasteiger partial charge in [-0.3, -0.25) is 0 Å². The van der Waals surface area contributed by atoms with E-state index in [0.717, 1.165) is 167 Å². The Kier molecular flexibility index (Phi) is 13.9. The Balaban J connectivity index is 0.870. The molecule has 14 aromatic carbocycles. The number of aryl methyl sites for hydroxylation is 4. The molecule has 101 heavy (non-hydrogen) atoms. The Morgan fingerprint density at radius 3 is 0.842 bits per heavy atom. The second-order valence-electron chi connectivity index (χ2n) is 27.5. The van der Waals surface area contributed by atoms with E-state index in [4.69, 9.17) is 0 Å². The summed E-state index contributed by atoms with van der Waals surface area (Å²) in [6.45, 7) is 16.9. The average Bonchev–Trinajstić information content (AvgIpc) is 1.52. The zero-order chi connectivity index (χ0) is 68.8. The van der Waals surface area contributed by atoms with Crippen LogP contribution in [0, 0.1) is 51.0 Å². The minimum absolute atomic E-state index is 0.432. The lowest BCUT2D eigenvalue weighted by atomic mass is 9.66. The summed E-state index contributed by atoms with van der Waals surface area (Å²) in [5.41, 5.74) is 29.2. The van der Waals surface area contributed by atoms with Crippen LogP contribution in [-0.2, 0) is 16.2 Å². The van der Waals surface area contributed by atoms with E-state index in [1.165, 1.54) is 24.3 Å². The largest absolute Gasteiger partial charge is 0.310 e. The highest BCUT2D eigenvalue weighted by atomic mass is 19.2. The van der Waals surface area contributed by atoms with Gasteiger partial charge in [0, 0.05) is 46.3 Å². The zero-order valence-corrected chi connectivity index (χ0v) is 56.2. The smallest absolute Gasteiger partial charge is 0.160 e. The van der Waals surface area contributed by atoms with E-state index in [1.54, 1.807) is 12.1 Å². The lowest BCUT2D eigenvalue weighted by Crippen LogP contribution is -2.30. The molecule has 2 unspecified atom stereocenters. The molecule has 0 aromatic heterocycles. The standard InChI is InChI=1S/C95H66F4N2/c1-7-61-29-33-63(34-30-61)93(83-49-57(3)25-27-59(83)5)79-21-13-9-17-71(79)75-43-37-65(51-85(75)93)100(69-41-47-89(96)91(98)55-69)67-39-45-77-73-19-11-15-23-81(73)95(87(77)53-67)82-24-16-12-20-74(82)78-46-40-68(54-88(78)95)101(70-42-48-90(97)92(99)56-70)66-38-44-76-72-18-10-14-22-80(72)94(86(76)52-66,64-35-31-62(8-2)32-36-64)84-50-58(4)26-28-60(84)6/h7-56H,1-2H2,3-6H3. The van der Waals surface area contributed by atoms with Crippen LogP contribution < -0.4 is 9.80 Å². The van der Waals surface area contributed by atoms with Crippen molar-refractivity contribution in [2.24, 2.45) is 0 Å². The molecule has 4 aliphatic carbocycles. The first-order valence-corrected chi connectivity index (χ1v) is 34.3. The van der Waals surface area contributed by atoms with Crippen molar-refractivity contribution in [3.8, 4) is 44.5 Å². The van der Waals surface area contributed by atoms with Gasteiger partial charge in [0.1, 0.15) is 0 Å². The van der Waals surface area contributed by atoms with E-state index in [-0.39, 0.29) is 0 Å². The number of hydrogen-bond acceptors (Lipinski definition) is 2. The summed E-state index contributed by atoms with van der Waals surface area (Å²) in [4.78, 5) is 4.14. The number of anilines is 6. The van der Waals surface area contributed by atoms with Crippen LogP contribution in [0.2, 0.25) is 0 Å². The van der Waals surface area contributed by atoms with Crippen molar-refractivity contribution in [3.63, 3.8) is 0 Å². The molecular weight excluding hydrogens is 1250 g/mol. The molecule has 0 N–H and O–H groups in total. The van der Waals surface area contributed by atoms with Crippen LogP contribution >= 0.6 is 0 Å². The first kappa shape index (κ1) is 61.2. The quantitative estimate of drug-likeness (QED) is 0.113. The highest BCUT2D eigenvalue weighted by molar-refractivity contribution is 5.99. The lowest BCUT2D eigenvalue weighted by molar-refractivity contribution is 0.509. The van der Waals surface area contributed by atoms with E-state index in [9.17, 15) is 0 Å². The summed E-state index contributed by atoms with van der Waals surface area (Å²) in [6, 6.07) is 99.8. The molecule has 0 bridgehead atoms. The number of rotatable bonds is 12. The second-order valence-corrected chi connectivity index (χ2v) is 27.5. The molecule has 0 heterocycles. The Hall–Kier alpha value is -12.1. The SMILES string of the molecule is C=Cc1ccc(C2(c3cc(C)ccc3C)c3ccccc3-c3ccc(N(c4ccc(F)c(F)c4)c4ccc5c(c4)C4(c6ccccc6-5)c5ccccc5-c5ccc(N(c6ccc(F)c(F)c6)c6ccc7c(c6)C(c6ccc(C=C)cc6)(c6cc(C)ccc6C)c6ccccc6-7)cc54)cc32)cc1. The molecule has 2 nitrogen and oxygen atoms in total. The van der Waals surface area contributed by atoms with E-state index in [0.29, 0.717) is 11.4 Å². The molecule has 0 saturated heterocycles. The Morgan fingerprint density at radius 1 is 0.248 bits per heavy atom. The minimum Gasteiger partial charge on any atom is -0.310 e. The van der Waals surface area contributed by atoms with Crippen molar-refractivity contribution in [1.82, 2.24) is 0 Å². The highest BCUT2D eigenvalue weighted by Crippen LogP contribution is 2.66. The molecule has 0 amide bonds. The maximum atomic E-state index is 16.4. The van der Waals surface area contributed by atoms with Gasteiger partial charge < -0.3 is 9.80 Å². The summed E-state index contributed by atoms with van der Waals surface area (Å²) in [5, 5.41) is 0. The molecule has 14 aromatic rings. The Bertz CT molecular complexity index is 5480. The van der Waals surface area contributed by atoms with Crippen molar-refractivity contribution in [2.45, 2.75) is 43.9 Å².